The number of nitriles is 1. The van der Waals surface area contributed by atoms with Gasteiger partial charge < -0.3 is 0 Å². The first kappa shape index (κ1) is 10.8. The van der Waals surface area contributed by atoms with Gasteiger partial charge in [-0.25, -0.2) is 0 Å². The molecule has 0 aromatic heterocycles. The Labute approximate surface area is 99.4 Å². The van der Waals surface area contributed by atoms with Gasteiger partial charge in [-0.05, 0) is 38.4 Å². The Bertz CT molecular complexity index is 150. The van der Waals surface area contributed by atoms with E-state index >= 15 is 0 Å². The van der Waals surface area contributed by atoms with Crippen LogP contribution in [-0.2, 0) is 0 Å². The highest BCUT2D eigenvalue weighted by Crippen LogP contribution is 2.29. The van der Waals surface area contributed by atoms with E-state index < -0.39 is 0 Å². The van der Waals surface area contributed by atoms with Gasteiger partial charge in [0.15, 0.2) is 0 Å². The molecule has 9 heavy (non-hydrogen) atoms. The van der Waals surface area contributed by atoms with Crippen LogP contribution in [0.15, 0.2) is 7.66 Å². The maximum absolute atomic E-state index is 8.26. The summed E-state index contributed by atoms with van der Waals surface area (Å²) in [4.78, 5) is 0. The van der Waals surface area contributed by atoms with E-state index in [1.807, 2.05) is 9.48 Å². The van der Waals surface area contributed by atoms with Crippen LogP contribution in [0, 0.1) is 10.7 Å². The third kappa shape index (κ3) is 5.09. The quantitative estimate of drug-likeness (QED) is 0.345. The third-order valence-corrected chi connectivity index (χ3v) is 6.89. The van der Waals surface area contributed by atoms with E-state index in [2.05, 4.69) is 67.8 Å². The summed E-state index contributed by atoms with van der Waals surface area (Å²) in [6.45, 7) is 0. The molecule has 0 saturated heterocycles. The summed E-state index contributed by atoms with van der Waals surface area (Å²) >= 11 is 7.90. The molecule has 0 radical (unpaired) electrons. The Kier molecular flexibility index (Phi) is 7.75. The molecule has 5 heteroatoms. The van der Waals surface area contributed by atoms with E-state index in [-0.39, 0.29) is 0 Å². The molecule has 0 aromatic carbocycles. The molecule has 0 aliphatic carbocycles. The SMILES string of the molecule is N#CSC(I)C(I)=CI. The number of thiocyanates is 1. The van der Waals surface area contributed by atoms with Gasteiger partial charge >= 0.3 is 0 Å². The van der Waals surface area contributed by atoms with Gasteiger partial charge in [0.25, 0.3) is 0 Å². The first-order valence-electron chi connectivity index (χ1n) is 1.87. The van der Waals surface area contributed by atoms with Gasteiger partial charge in [0.05, 0.1) is 0 Å². The largest absolute Gasteiger partial charge is 0.185 e. The van der Waals surface area contributed by atoms with E-state index in [0.717, 1.165) is 0 Å². The molecule has 1 nitrogen and oxygen atoms in total. The van der Waals surface area contributed by atoms with Crippen LogP contribution in [0.25, 0.3) is 0 Å². The average Bonchev–Trinajstić information content (AvgIpc) is 1.87. The molecule has 1 unspecified atom stereocenters. The van der Waals surface area contributed by atoms with E-state index in [1.54, 1.807) is 0 Å². The van der Waals surface area contributed by atoms with E-state index in [4.69, 9.17) is 5.26 Å². The fourth-order valence-electron chi connectivity index (χ4n) is 0.152. The molecule has 0 aromatic rings. The zero-order chi connectivity index (χ0) is 7.28. The van der Waals surface area contributed by atoms with Crippen LogP contribution in [0.2, 0.25) is 0 Å². The van der Waals surface area contributed by atoms with Crippen molar-refractivity contribution in [3.8, 4) is 5.40 Å². The minimum absolute atomic E-state index is 0.296. The highest BCUT2D eigenvalue weighted by molar-refractivity contribution is 14.1. The Hall–Kier alpha value is 1.77. The van der Waals surface area contributed by atoms with Gasteiger partial charge in [-0.15, -0.1) is 0 Å². The molecule has 0 N–H and O–H groups in total. The number of hydrogen-bond acceptors (Lipinski definition) is 2. The fraction of sp³-hybridized carbons (Fsp3) is 0.250. The zero-order valence-electron chi connectivity index (χ0n) is 4.14. The first-order valence-corrected chi connectivity index (χ1v) is 6.32. The van der Waals surface area contributed by atoms with Gasteiger partial charge in [-0.1, -0.05) is 45.2 Å². The number of alkyl halides is 1. The predicted molar refractivity (Wildman–Crippen MR) is 67.1 cm³/mol. The van der Waals surface area contributed by atoms with Crippen molar-refractivity contribution in [2.75, 3.05) is 0 Å². The molecule has 0 spiro atoms. The normalized spacial score (nSPS) is 14.7. The minimum atomic E-state index is 0.296. The number of halogens is 3. The van der Waals surface area contributed by atoms with Crippen molar-refractivity contribution in [1.82, 2.24) is 0 Å². The fourth-order valence-corrected chi connectivity index (χ4v) is 2.62. The van der Waals surface area contributed by atoms with Crippen molar-refractivity contribution in [1.29, 1.82) is 5.26 Å². The molecule has 0 fully saturated rings. The van der Waals surface area contributed by atoms with Crippen molar-refractivity contribution in [3.05, 3.63) is 7.66 Å². The predicted octanol–water partition coefficient (Wildman–Crippen LogP) is 3.67. The van der Waals surface area contributed by atoms with E-state index in [1.165, 1.54) is 15.3 Å². The monoisotopic (exact) mass is 477 g/mol. The smallest absolute Gasteiger partial charge is 0.134 e. The lowest BCUT2D eigenvalue weighted by Gasteiger charge is -1.98. The molecule has 0 aliphatic heterocycles. The minimum Gasteiger partial charge on any atom is -0.185 e. The molecule has 0 aliphatic rings. The molecule has 1 atom stereocenters. The third-order valence-electron chi connectivity index (χ3n) is 0.477. The van der Waals surface area contributed by atoms with Crippen molar-refractivity contribution in [2.24, 2.45) is 0 Å². The summed E-state index contributed by atoms with van der Waals surface area (Å²) in [5.74, 6) is 0. The Morgan fingerprint density at radius 2 is 2.33 bits per heavy atom. The summed E-state index contributed by atoms with van der Waals surface area (Å²) in [6, 6.07) is 0. The lowest BCUT2D eigenvalue weighted by atomic mass is 10.8. The van der Waals surface area contributed by atoms with Crippen LogP contribution in [0.1, 0.15) is 0 Å². The summed E-state index contributed by atoms with van der Waals surface area (Å²) in [5, 5.41) is 10.3. The van der Waals surface area contributed by atoms with Gasteiger partial charge in [-0.3, -0.25) is 0 Å². The second-order valence-electron chi connectivity index (χ2n) is 1.02. The lowest BCUT2D eigenvalue weighted by Crippen LogP contribution is -1.85. The Morgan fingerprint density at radius 3 is 2.67 bits per heavy atom. The number of thioether (sulfide) groups is 1. The van der Waals surface area contributed by atoms with Crippen molar-refractivity contribution < 1.29 is 0 Å². The first-order chi connectivity index (χ1) is 4.22. The maximum Gasteiger partial charge on any atom is 0.134 e. The zero-order valence-corrected chi connectivity index (χ0v) is 11.4. The van der Waals surface area contributed by atoms with Crippen molar-refractivity contribution in [2.45, 2.75) is 3.26 Å². The number of rotatable bonds is 2. The summed E-state index contributed by atoms with van der Waals surface area (Å²) in [5.41, 5.74) is 0. The molecular formula is C4H2I3NS. The van der Waals surface area contributed by atoms with E-state index in [0.29, 0.717) is 3.26 Å². The van der Waals surface area contributed by atoms with Crippen molar-refractivity contribution >= 4 is 79.5 Å². The van der Waals surface area contributed by atoms with Crippen LogP contribution in [-0.4, -0.2) is 3.26 Å². The average molecular weight is 477 g/mol. The highest BCUT2D eigenvalue weighted by Gasteiger charge is 2.05. The molecule has 0 heterocycles. The van der Waals surface area contributed by atoms with E-state index in [9.17, 15) is 0 Å². The van der Waals surface area contributed by atoms with Gasteiger partial charge in [-0.2, -0.15) is 5.26 Å². The van der Waals surface area contributed by atoms with Gasteiger partial charge in [0.1, 0.15) is 8.66 Å². The Balaban J connectivity index is 3.76. The summed E-state index contributed by atoms with van der Waals surface area (Å²) in [7, 11) is 0. The van der Waals surface area contributed by atoms with Crippen LogP contribution < -0.4 is 0 Å². The topological polar surface area (TPSA) is 23.8 Å². The van der Waals surface area contributed by atoms with Crippen LogP contribution in [0.3, 0.4) is 0 Å². The van der Waals surface area contributed by atoms with Gasteiger partial charge in [0, 0.05) is 3.58 Å². The Morgan fingerprint density at radius 1 is 1.78 bits per heavy atom. The lowest BCUT2D eigenvalue weighted by molar-refractivity contribution is 1.56. The summed E-state index contributed by atoms with van der Waals surface area (Å²) in [6.07, 6.45) is 0. The number of hydrogen-bond donors (Lipinski definition) is 0. The maximum atomic E-state index is 8.26. The standard InChI is InChI=1S/C4H2I3NS/c5-1-3(6)4(7)9-2-8/h1,4H. The molecule has 50 valence electrons. The second-order valence-corrected chi connectivity index (χ2v) is 5.87. The van der Waals surface area contributed by atoms with Crippen LogP contribution in [0.4, 0.5) is 0 Å². The van der Waals surface area contributed by atoms with Crippen LogP contribution >= 0.6 is 79.5 Å². The van der Waals surface area contributed by atoms with Crippen LogP contribution in [0.5, 0.6) is 0 Å². The van der Waals surface area contributed by atoms with Gasteiger partial charge in [0.2, 0.25) is 0 Å². The molecular weight excluding hydrogens is 475 g/mol. The molecule has 0 rings (SSSR count). The molecule has 0 bridgehead atoms. The van der Waals surface area contributed by atoms with Crippen molar-refractivity contribution in [3.63, 3.8) is 0 Å². The number of nitrogens with zero attached hydrogens (tertiary/aromatic N) is 1. The molecule has 0 amide bonds. The summed E-state index contributed by atoms with van der Waals surface area (Å²) < 4.78 is 3.49. The highest BCUT2D eigenvalue weighted by atomic mass is 127. The second kappa shape index (κ2) is 6.48. The molecule has 0 saturated carbocycles.